The van der Waals surface area contributed by atoms with Gasteiger partial charge in [0.2, 0.25) is 0 Å². The van der Waals surface area contributed by atoms with Crippen molar-refractivity contribution in [3.05, 3.63) is 0 Å². The molecule has 0 spiro atoms. The monoisotopic (exact) mass is 224 g/mol. The molecule has 92 valence electrons. The quantitative estimate of drug-likeness (QED) is 0.792. The maximum Gasteiger partial charge on any atom is 0.303 e. The summed E-state index contributed by atoms with van der Waals surface area (Å²) < 4.78 is 0. The van der Waals surface area contributed by atoms with E-state index >= 15 is 0 Å². The van der Waals surface area contributed by atoms with E-state index in [1.165, 1.54) is 32.1 Å². The minimum Gasteiger partial charge on any atom is -0.481 e. The molecule has 0 aromatic heterocycles. The molecule has 0 aromatic carbocycles. The molecule has 0 radical (unpaired) electrons. The maximum absolute atomic E-state index is 10.9. The van der Waals surface area contributed by atoms with Crippen LogP contribution in [0.15, 0.2) is 0 Å². The Morgan fingerprint density at radius 2 is 2.00 bits per heavy atom. The van der Waals surface area contributed by atoms with E-state index in [1.54, 1.807) is 0 Å². The van der Waals surface area contributed by atoms with Crippen LogP contribution in [-0.2, 0) is 4.79 Å². The highest BCUT2D eigenvalue weighted by molar-refractivity contribution is 5.67. The van der Waals surface area contributed by atoms with Crippen molar-refractivity contribution in [3.8, 4) is 0 Å². The molecule has 16 heavy (non-hydrogen) atoms. The predicted octanol–water partition coefficient (Wildman–Crippen LogP) is 3.56. The Labute approximate surface area is 98.4 Å². The second-order valence-corrected chi connectivity index (χ2v) is 5.96. The minimum atomic E-state index is -0.594. The highest BCUT2D eigenvalue weighted by Gasteiger charge is 2.51. The largest absolute Gasteiger partial charge is 0.481 e. The third kappa shape index (κ3) is 2.11. The van der Waals surface area contributed by atoms with Crippen LogP contribution in [0.25, 0.3) is 0 Å². The average molecular weight is 224 g/mol. The van der Waals surface area contributed by atoms with Gasteiger partial charge in [0.15, 0.2) is 0 Å². The lowest BCUT2D eigenvalue weighted by atomic mass is 9.49. The number of fused-ring (bicyclic) bond motifs is 1. The van der Waals surface area contributed by atoms with Gasteiger partial charge in [0.1, 0.15) is 0 Å². The Balaban J connectivity index is 1.99. The van der Waals surface area contributed by atoms with Crippen molar-refractivity contribution in [3.63, 3.8) is 0 Å². The van der Waals surface area contributed by atoms with Gasteiger partial charge in [-0.3, -0.25) is 4.79 Å². The van der Waals surface area contributed by atoms with Gasteiger partial charge in [-0.25, -0.2) is 0 Å². The first-order valence-corrected chi connectivity index (χ1v) is 6.85. The molecule has 2 saturated carbocycles. The summed E-state index contributed by atoms with van der Waals surface area (Å²) in [4.78, 5) is 10.9. The molecule has 2 unspecified atom stereocenters. The summed E-state index contributed by atoms with van der Waals surface area (Å²) in [7, 11) is 0. The lowest BCUT2D eigenvalue weighted by Gasteiger charge is -2.56. The van der Waals surface area contributed by atoms with E-state index in [0.717, 1.165) is 17.8 Å². The SMILES string of the molecule is CCC[C@@H]1[C@@H]2CC(C)CCC2[C@@H]1CC(=O)O. The second-order valence-electron chi connectivity index (χ2n) is 5.96. The number of hydrogen-bond acceptors (Lipinski definition) is 1. The van der Waals surface area contributed by atoms with Gasteiger partial charge < -0.3 is 5.11 Å². The minimum absolute atomic E-state index is 0.417. The molecule has 0 amide bonds. The number of carbonyl (C=O) groups is 1. The molecular formula is C14H24O2. The molecule has 0 saturated heterocycles. The number of aliphatic carboxylic acids is 1. The van der Waals surface area contributed by atoms with E-state index in [9.17, 15) is 4.79 Å². The molecule has 2 nitrogen and oxygen atoms in total. The summed E-state index contributed by atoms with van der Waals surface area (Å²) in [6.45, 7) is 4.57. The van der Waals surface area contributed by atoms with Gasteiger partial charge in [0.25, 0.3) is 0 Å². The lowest BCUT2D eigenvalue weighted by Crippen LogP contribution is -2.50. The third-order valence-electron chi connectivity index (χ3n) is 4.90. The fraction of sp³-hybridized carbons (Fsp3) is 0.929. The zero-order valence-electron chi connectivity index (χ0n) is 10.5. The zero-order valence-corrected chi connectivity index (χ0v) is 10.5. The summed E-state index contributed by atoms with van der Waals surface area (Å²) in [5.41, 5.74) is 0. The Morgan fingerprint density at radius 1 is 1.25 bits per heavy atom. The number of carboxylic acids is 1. The van der Waals surface area contributed by atoms with Crippen LogP contribution < -0.4 is 0 Å². The highest BCUT2D eigenvalue weighted by atomic mass is 16.4. The molecule has 0 aromatic rings. The third-order valence-corrected chi connectivity index (χ3v) is 4.90. The molecule has 2 heteroatoms. The molecule has 0 aliphatic heterocycles. The second kappa shape index (κ2) is 4.77. The molecule has 2 fully saturated rings. The fourth-order valence-corrected chi connectivity index (χ4v) is 4.23. The van der Waals surface area contributed by atoms with Crippen molar-refractivity contribution in [1.29, 1.82) is 0 Å². The van der Waals surface area contributed by atoms with E-state index < -0.39 is 5.97 Å². The number of hydrogen-bond donors (Lipinski definition) is 1. The standard InChI is InChI=1S/C14H24O2/c1-3-4-10-12-7-9(2)5-6-11(12)13(10)8-14(15)16/h9-13H,3-8H2,1-2H3,(H,15,16)/t9?,10-,11?,12+,13-/m1/s1. The van der Waals surface area contributed by atoms with Crippen LogP contribution in [0.3, 0.4) is 0 Å². The smallest absolute Gasteiger partial charge is 0.303 e. The van der Waals surface area contributed by atoms with Crippen molar-refractivity contribution in [2.24, 2.45) is 29.6 Å². The highest BCUT2D eigenvalue weighted by Crippen LogP contribution is 2.57. The molecule has 2 rings (SSSR count). The van der Waals surface area contributed by atoms with Gasteiger partial charge in [-0.05, 0) is 42.4 Å². The molecule has 5 atom stereocenters. The first-order chi connectivity index (χ1) is 7.63. The van der Waals surface area contributed by atoms with Crippen LogP contribution in [0.2, 0.25) is 0 Å². The summed E-state index contributed by atoms with van der Waals surface area (Å²) in [5, 5.41) is 8.98. The molecule has 2 aliphatic carbocycles. The molecule has 2 aliphatic rings. The Morgan fingerprint density at radius 3 is 2.62 bits per heavy atom. The van der Waals surface area contributed by atoms with E-state index in [1.807, 2.05) is 0 Å². The van der Waals surface area contributed by atoms with Crippen molar-refractivity contribution >= 4 is 5.97 Å². The topological polar surface area (TPSA) is 37.3 Å². The van der Waals surface area contributed by atoms with Crippen molar-refractivity contribution in [2.45, 2.75) is 52.4 Å². The van der Waals surface area contributed by atoms with E-state index in [4.69, 9.17) is 5.11 Å². The van der Waals surface area contributed by atoms with Gasteiger partial charge in [0.05, 0.1) is 0 Å². The Kier molecular flexibility index (Phi) is 3.56. The van der Waals surface area contributed by atoms with Crippen molar-refractivity contribution in [2.75, 3.05) is 0 Å². The van der Waals surface area contributed by atoms with Crippen LogP contribution in [0, 0.1) is 29.6 Å². The average Bonchev–Trinajstić information content (AvgIpc) is 2.23. The molecule has 0 bridgehead atoms. The van der Waals surface area contributed by atoms with Crippen molar-refractivity contribution < 1.29 is 9.90 Å². The Hall–Kier alpha value is -0.530. The number of rotatable bonds is 4. The van der Waals surface area contributed by atoms with E-state index in [0.29, 0.717) is 18.3 Å². The molecule has 1 N–H and O–H groups in total. The predicted molar refractivity (Wildman–Crippen MR) is 64.1 cm³/mol. The normalized spacial score (nSPS) is 42.2. The first kappa shape index (κ1) is 11.9. The van der Waals surface area contributed by atoms with Gasteiger partial charge in [-0.2, -0.15) is 0 Å². The van der Waals surface area contributed by atoms with Crippen LogP contribution in [0.5, 0.6) is 0 Å². The van der Waals surface area contributed by atoms with Crippen molar-refractivity contribution in [1.82, 2.24) is 0 Å². The number of carboxylic acid groups (broad SMARTS) is 1. The van der Waals surface area contributed by atoms with Crippen LogP contribution in [0.1, 0.15) is 52.4 Å². The van der Waals surface area contributed by atoms with Crippen LogP contribution in [-0.4, -0.2) is 11.1 Å². The van der Waals surface area contributed by atoms with E-state index in [2.05, 4.69) is 13.8 Å². The van der Waals surface area contributed by atoms with Crippen LogP contribution >= 0.6 is 0 Å². The van der Waals surface area contributed by atoms with Crippen LogP contribution in [0.4, 0.5) is 0 Å². The fourth-order valence-electron chi connectivity index (χ4n) is 4.23. The molecule has 0 heterocycles. The van der Waals surface area contributed by atoms with Gasteiger partial charge in [-0.1, -0.05) is 33.1 Å². The van der Waals surface area contributed by atoms with Gasteiger partial charge in [-0.15, -0.1) is 0 Å². The summed E-state index contributed by atoms with van der Waals surface area (Å²) in [6, 6.07) is 0. The summed E-state index contributed by atoms with van der Waals surface area (Å²) >= 11 is 0. The van der Waals surface area contributed by atoms with Gasteiger partial charge in [0, 0.05) is 6.42 Å². The summed E-state index contributed by atoms with van der Waals surface area (Å²) in [5.74, 6) is 3.08. The Bertz CT molecular complexity index is 261. The van der Waals surface area contributed by atoms with E-state index in [-0.39, 0.29) is 0 Å². The summed E-state index contributed by atoms with van der Waals surface area (Å²) in [6.07, 6.45) is 6.82. The maximum atomic E-state index is 10.9. The lowest BCUT2D eigenvalue weighted by molar-refractivity contribution is -0.146. The van der Waals surface area contributed by atoms with Gasteiger partial charge >= 0.3 is 5.97 Å². The molecular weight excluding hydrogens is 200 g/mol. The zero-order chi connectivity index (χ0) is 11.7. The first-order valence-electron chi connectivity index (χ1n) is 6.85.